The van der Waals surface area contributed by atoms with Gasteiger partial charge >= 0.3 is 0 Å². The van der Waals surface area contributed by atoms with E-state index in [4.69, 9.17) is 11.6 Å². The molecule has 1 saturated carbocycles. The highest BCUT2D eigenvalue weighted by atomic mass is 35.5. The van der Waals surface area contributed by atoms with Gasteiger partial charge < -0.3 is 5.32 Å². The van der Waals surface area contributed by atoms with E-state index in [0.717, 1.165) is 24.0 Å². The maximum atomic E-state index is 11.4. The van der Waals surface area contributed by atoms with Gasteiger partial charge in [-0.2, -0.15) is 0 Å². The van der Waals surface area contributed by atoms with Crippen LogP contribution < -0.4 is 5.32 Å². The molecule has 0 aromatic carbocycles. The van der Waals surface area contributed by atoms with Crippen LogP contribution in [0.5, 0.6) is 0 Å². The van der Waals surface area contributed by atoms with Crippen LogP contribution in [0.1, 0.15) is 24.0 Å². The Kier molecular flexibility index (Phi) is 2.91. The minimum atomic E-state index is 0.155. The van der Waals surface area contributed by atoms with Gasteiger partial charge in [-0.05, 0) is 37.0 Å². The van der Waals surface area contributed by atoms with Crippen LogP contribution in [0.4, 0.5) is 0 Å². The highest BCUT2D eigenvalue weighted by Crippen LogP contribution is 2.28. The van der Waals surface area contributed by atoms with Gasteiger partial charge in [-0.1, -0.05) is 11.6 Å². The van der Waals surface area contributed by atoms with Gasteiger partial charge in [0.2, 0.25) is 5.91 Å². The molecule has 2 rings (SSSR count). The number of nitrogens with one attached hydrogen (secondary N) is 1. The van der Waals surface area contributed by atoms with E-state index in [1.54, 1.807) is 6.20 Å². The second-order valence-corrected chi connectivity index (χ2v) is 4.24. The standard InChI is InChI=1S/C11H13ClN2O/c1-7-9(4-5-13-10(7)12)6-14-11(15)8-2-3-8/h4-5,8H,2-3,6H2,1H3,(H,14,15). The molecule has 3 nitrogen and oxygen atoms in total. The highest BCUT2D eigenvalue weighted by Gasteiger charge is 2.29. The van der Waals surface area contributed by atoms with Crippen LogP contribution in [0.25, 0.3) is 0 Å². The number of nitrogens with zero attached hydrogens (tertiary/aromatic N) is 1. The van der Waals surface area contributed by atoms with Gasteiger partial charge in [-0.15, -0.1) is 0 Å². The number of rotatable bonds is 3. The number of aromatic nitrogens is 1. The molecule has 1 heterocycles. The fraction of sp³-hybridized carbons (Fsp3) is 0.455. The zero-order valence-corrected chi connectivity index (χ0v) is 9.34. The molecule has 0 unspecified atom stereocenters. The van der Waals surface area contributed by atoms with E-state index in [1.807, 2.05) is 13.0 Å². The molecule has 0 aliphatic heterocycles. The topological polar surface area (TPSA) is 42.0 Å². The van der Waals surface area contributed by atoms with Crippen LogP contribution >= 0.6 is 11.6 Å². The number of hydrogen-bond donors (Lipinski definition) is 1. The molecule has 15 heavy (non-hydrogen) atoms. The lowest BCUT2D eigenvalue weighted by molar-refractivity contribution is -0.122. The van der Waals surface area contributed by atoms with Crippen molar-refractivity contribution in [3.63, 3.8) is 0 Å². The summed E-state index contributed by atoms with van der Waals surface area (Å²) in [4.78, 5) is 15.4. The summed E-state index contributed by atoms with van der Waals surface area (Å²) in [5, 5.41) is 3.41. The van der Waals surface area contributed by atoms with E-state index in [-0.39, 0.29) is 11.8 Å². The van der Waals surface area contributed by atoms with Crippen molar-refractivity contribution in [3.8, 4) is 0 Å². The number of halogens is 1. The molecule has 1 aliphatic rings. The lowest BCUT2D eigenvalue weighted by Crippen LogP contribution is -2.24. The molecule has 0 radical (unpaired) electrons. The Labute approximate surface area is 93.8 Å². The van der Waals surface area contributed by atoms with E-state index in [1.165, 1.54) is 0 Å². The maximum absolute atomic E-state index is 11.4. The van der Waals surface area contributed by atoms with Crippen molar-refractivity contribution in [1.29, 1.82) is 0 Å². The molecule has 0 spiro atoms. The van der Waals surface area contributed by atoms with E-state index >= 15 is 0 Å². The third-order valence-electron chi connectivity index (χ3n) is 2.66. The minimum Gasteiger partial charge on any atom is -0.352 e. The lowest BCUT2D eigenvalue weighted by Gasteiger charge is -2.07. The quantitative estimate of drug-likeness (QED) is 0.799. The molecule has 4 heteroatoms. The van der Waals surface area contributed by atoms with Gasteiger partial charge in [0.15, 0.2) is 0 Å². The van der Waals surface area contributed by atoms with Crippen molar-refractivity contribution in [2.45, 2.75) is 26.3 Å². The predicted molar refractivity (Wildman–Crippen MR) is 58.6 cm³/mol. The molecule has 1 amide bonds. The zero-order valence-electron chi connectivity index (χ0n) is 8.59. The fourth-order valence-corrected chi connectivity index (χ4v) is 1.59. The Hall–Kier alpha value is -1.09. The lowest BCUT2D eigenvalue weighted by atomic mass is 10.1. The monoisotopic (exact) mass is 224 g/mol. The van der Waals surface area contributed by atoms with Gasteiger partial charge in [-0.25, -0.2) is 4.98 Å². The molecule has 0 atom stereocenters. The zero-order chi connectivity index (χ0) is 10.8. The Balaban J connectivity index is 1.98. The predicted octanol–water partition coefficient (Wildman–Crippen LogP) is 2.07. The van der Waals surface area contributed by atoms with Gasteiger partial charge in [0.25, 0.3) is 0 Å². The number of hydrogen-bond acceptors (Lipinski definition) is 2. The van der Waals surface area contributed by atoms with Crippen LogP contribution in [0, 0.1) is 12.8 Å². The molecule has 0 saturated heterocycles. The summed E-state index contributed by atoms with van der Waals surface area (Å²) in [6.45, 7) is 2.46. The summed E-state index contributed by atoms with van der Waals surface area (Å²) in [6.07, 6.45) is 3.72. The molecule has 1 aromatic rings. The average Bonchev–Trinajstić information content (AvgIpc) is 3.03. The van der Waals surface area contributed by atoms with Crippen molar-refractivity contribution in [2.24, 2.45) is 5.92 Å². The highest BCUT2D eigenvalue weighted by molar-refractivity contribution is 6.30. The van der Waals surface area contributed by atoms with Crippen LogP contribution in [-0.4, -0.2) is 10.9 Å². The first-order valence-electron chi connectivity index (χ1n) is 5.06. The minimum absolute atomic E-state index is 0.155. The van der Waals surface area contributed by atoms with Crippen molar-refractivity contribution in [2.75, 3.05) is 0 Å². The van der Waals surface area contributed by atoms with Crippen LogP contribution in [0.2, 0.25) is 5.15 Å². The van der Waals surface area contributed by atoms with Crippen LogP contribution in [-0.2, 0) is 11.3 Å². The van der Waals surface area contributed by atoms with Crippen molar-refractivity contribution in [1.82, 2.24) is 10.3 Å². The summed E-state index contributed by atoms with van der Waals surface area (Å²) < 4.78 is 0. The van der Waals surface area contributed by atoms with E-state index in [0.29, 0.717) is 11.7 Å². The van der Waals surface area contributed by atoms with Crippen molar-refractivity contribution >= 4 is 17.5 Å². The Morgan fingerprint density at radius 2 is 2.40 bits per heavy atom. The maximum Gasteiger partial charge on any atom is 0.223 e. The van der Waals surface area contributed by atoms with Crippen LogP contribution in [0.15, 0.2) is 12.3 Å². The first kappa shape index (κ1) is 10.4. The molecular formula is C11H13ClN2O. The van der Waals surface area contributed by atoms with E-state index in [9.17, 15) is 4.79 Å². The molecule has 1 aliphatic carbocycles. The fourth-order valence-electron chi connectivity index (χ4n) is 1.41. The number of carbonyl (C=O) groups is 1. The summed E-state index contributed by atoms with van der Waals surface area (Å²) in [5.74, 6) is 0.407. The second kappa shape index (κ2) is 4.19. The Morgan fingerprint density at radius 3 is 3.07 bits per heavy atom. The molecule has 0 bridgehead atoms. The van der Waals surface area contributed by atoms with E-state index < -0.39 is 0 Å². The van der Waals surface area contributed by atoms with Crippen molar-refractivity contribution < 1.29 is 4.79 Å². The summed E-state index contributed by atoms with van der Waals surface area (Å²) in [5.41, 5.74) is 1.97. The van der Waals surface area contributed by atoms with Crippen LogP contribution in [0.3, 0.4) is 0 Å². The Bertz CT molecular complexity index is 388. The third kappa shape index (κ3) is 2.48. The molecular weight excluding hydrogens is 212 g/mol. The number of carbonyl (C=O) groups excluding carboxylic acids is 1. The molecule has 1 fully saturated rings. The van der Waals surface area contributed by atoms with Gasteiger partial charge in [0.05, 0.1) is 0 Å². The molecule has 1 N–H and O–H groups in total. The van der Waals surface area contributed by atoms with Gasteiger partial charge in [0, 0.05) is 18.7 Å². The average molecular weight is 225 g/mol. The number of pyridine rings is 1. The normalized spacial score (nSPS) is 15.1. The molecule has 80 valence electrons. The van der Waals surface area contributed by atoms with E-state index in [2.05, 4.69) is 10.3 Å². The van der Waals surface area contributed by atoms with Crippen molar-refractivity contribution in [3.05, 3.63) is 28.5 Å². The summed E-state index contributed by atoms with van der Waals surface area (Å²) in [7, 11) is 0. The Morgan fingerprint density at radius 1 is 1.67 bits per heavy atom. The summed E-state index contributed by atoms with van der Waals surface area (Å²) in [6, 6.07) is 1.88. The largest absolute Gasteiger partial charge is 0.352 e. The van der Waals surface area contributed by atoms with Gasteiger partial charge in [0.1, 0.15) is 5.15 Å². The second-order valence-electron chi connectivity index (χ2n) is 3.88. The third-order valence-corrected chi connectivity index (χ3v) is 3.04. The van der Waals surface area contributed by atoms with Gasteiger partial charge in [-0.3, -0.25) is 4.79 Å². The first-order chi connectivity index (χ1) is 7.18. The summed E-state index contributed by atoms with van der Waals surface area (Å²) >= 11 is 5.88. The number of amides is 1. The SMILES string of the molecule is Cc1c(CNC(=O)C2CC2)ccnc1Cl. The smallest absolute Gasteiger partial charge is 0.223 e. The molecule has 1 aromatic heterocycles. The first-order valence-corrected chi connectivity index (χ1v) is 5.44.